The SMILES string of the molecule is CN(C)C1(Cc2cccc(Cl)c2)CCC(NC(=O)CCC(=O)NCc2ccc(F)cc2)CC1.Cc1cccc(CC2(N(C)C)CCC(NC(=O)CCC(=O)NC3CCc4ccccc43)CC2)c1. The van der Waals surface area contributed by atoms with Crippen LogP contribution in [-0.4, -0.2) is 84.8 Å². The Morgan fingerprint density at radius 2 is 1.10 bits per heavy atom. The zero-order chi connectivity index (χ0) is 48.0. The molecule has 4 aromatic rings. The van der Waals surface area contributed by atoms with Gasteiger partial charge in [0.1, 0.15) is 5.82 Å². The summed E-state index contributed by atoms with van der Waals surface area (Å²) in [6.45, 7) is 2.47. The van der Waals surface area contributed by atoms with E-state index in [4.69, 9.17) is 11.6 Å². The molecule has 0 bridgehead atoms. The van der Waals surface area contributed by atoms with Gasteiger partial charge in [0.2, 0.25) is 23.6 Å². The first-order valence-electron chi connectivity index (χ1n) is 24.2. The lowest BCUT2D eigenvalue weighted by molar-refractivity contribution is -0.127. The van der Waals surface area contributed by atoms with E-state index in [0.717, 1.165) is 87.6 Å². The summed E-state index contributed by atoms with van der Waals surface area (Å²) in [6.07, 6.45) is 12.5. The average molecular weight is 936 g/mol. The zero-order valence-corrected chi connectivity index (χ0v) is 41.0. The highest BCUT2D eigenvalue weighted by atomic mass is 35.5. The van der Waals surface area contributed by atoms with E-state index in [1.54, 1.807) is 12.1 Å². The van der Waals surface area contributed by atoms with Crippen LogP contribution in [0.2, 0.25) is 5.02 Å². The molecule has 67 heavy (non-hydrogen) atoms. The number of amides is 4. The van der Waals surface area contributed by atoms with Gasteiger partial charge in [0.25, 0.3) is 0 Å². The summed E-state index contributed by atoms with van der Waals surface area (Å²) >= 11 is 6.17. The molecule has 360 valence electrons. The summed E-state index contributed by atoms with van der Waals surface area (Å²) in [7, 11) is 8.59. The minimum atomic E-state index is -0.309. The summed E-state index contributed by atoms with van der Waals surface area (Å²) in [5, 5.41) is 12.9. The van der Waals surface area contributed by atoms with Gasteiger partial charge < -0.3 is 31.1 Å². The summed E-state index contributed by atoms with van der Waals surface area (Å²) in [5.74, 6) is -0.638. The van der Waals surface area contributed by atoms with Crippen molar-refractivity contribution in [2.75, 3.05) is 28.2 Å². The van der Waals surface area contributed by atoms with Crippen LogP contribution < -0.4 is 21.3 Å². The van der Waals surface area contributed by atoms with Crippen LogP contribution in [0.3, 0.4) is 0 Å². The summed E-state index contributed by atoms with van der Waals surface area (Å²) in [5.41, 5.74) is 7.44. The van der Waals surface area contributed by atoms with Crippen LogP contribution in [0.4, 0.5) is 4.39 Å². The number of carbonyl (C=O) groups excluding carboxylic acids is 4. The van der Waals surface area contributed by atoms with E-state index in [2.05, 4.69) is 109 Å². The Hall–Kier alpha value is -5.10. The normalized spacial score (nSPS) is 22.3. The molecule has 4 N–H and O–H groups in total. The quantitative estimate of drug-likeness (QED) is 0.0839. The molecule has 0 spiro atoms. The average Bonchev–Trinajstić information content (AvgIpc) is 3.71. The van der Waals surface area contributed by atoms with Crippen LogP contribution in [0.1, 0.15) is 123 Å². The lowest BCUT2D eigenvalue weighted by atomic mass is 9.74. The van der Waals surface area contributed by atoms with Crippen LogP contribution in [0.15, 0.2) is 97.1 Å². The molecule has 4 aromatic carbocycles. The number of likely N-dealkylation sites (N-methyl/N-ethyl adjacent to an activating group) is 2. The standard InChI is InChI=1S/C29H39N3O2.C26H33ClFN3O2/c1-21-7-6-8-22(19-21)20-29(32(2)3)17-15-24(16-18-29)30-27(33)13-14-28(34)31-26-12-11-23-9-4-5-10-25(23)26;1-31(2)26(17-20-4-3-5-21(27)16-20)14-12-23(13-15-26)30-25(33)11-10-24(32)29-18-19-6-8-22(28)9-7-19/h4-10,19,24,26H,11-18,20H2,1-3H3,(H,30,33)(H,31,34);3-9,16,23H,10-15,17-18H2,1-2H3,(H,29,32)(H,30,33). The fourth-order valence-corrected chi connectivity index (χ4v) is 10.5. The van der Waals surface area contributed by atoms with Crippen molar-refractivity contribution in [3.8, 4) is 0 Å². The van der Waals surface area contributed by atoms with Gasteiger partial charge in [0, 0.05) is 60.4 Å². The largest absolute Gasteiger partial charge is 0.353 e. The molecule has 10 nitrogen and oxygen atoms in total. The van der Waals surface area contributed by atoms with Crippen LogP contribution >= 0.6 is 11.6 Å². The number of benzene rings is 4. The van der Waals surface area contributed by atoms with Crippen molar-refractivity contribution >= 4 is 35.2 Å². The van der Waals surface area contributed by atoms with E-state index >= 15 is 0 Å². The Morgan fingerprint density at radius 1 is 0.597 bits per heavy atom. The second kappa shape index (κ2) is 24.3. The molecule has 1 atom stereocenters. The molecule has 0 heterocycles. The predicted octanol–water partition coefficient (Wildman–Crippen LogP) is 8.96. The van der Waals surface area contributed by atoms with Gasteiger partial charge >= 0.3 is 0 Å². The van der Waals surface area contributed by atoms with Crippen molar-refractivity contribution in [1.82, 2.24) is 31.1 Å². The maximum absolute atomic E-state index is 12.9. The van der Waals surface area contributed by atoms with E-state index in [1.807, 2.05) is 30.3 Å². The Labute approximate surface area is 403 Å². The number of rotatable bonds is 17. The zero-order valence-electron chi connectivity index (χ0n) is 40.3. The third kappa shape index (κ3) is 15.2. The maximum atomic E-state index is 12.9. The van der Waals surface area contributed by atoms with Gasteiger partial charge in [0.15, 0.2) is 0 Å². The first-order chi connectivity index (χ1) is 32.1. The van der Waals surface area contributed by atoms with E-state index in [9.17, 15) is 23.6 Å². The van der Waals surface area contributed by atoms with Crippen molar-refractivity contribution < 1.29 is 23.6 Å². The second-order valence-corrected chi connectivity index (χ2v) is 20.1. The molecule has 3 aliphatic carbocycles. The number of halogens is 2. The number of carbonyl (C=O) groups is 4. The van der Waals surface area contributed by atoms with E-state index < -0.39 is 0 Å². The molecule has 0 saturated heterocycles. The van der Waals surface area contributed by atoms with E-state index in [0.29, 0.717) is 6.54 Å². The van der Waals surface area contributed by atoms with Gasteiger partial charge in [0.05, 0.1) is 6.04 Å². The molecular weight excluding hydrogens is 863 g/mol. The van der Waals surface area contributed by atoms with Crippen molar-refractivity contribution in [3.63, 3.8) is 0 Å². The number of hydrogen-bond acceptors (Lipinski definition) is 6. The minimum Gasteiger partial charge on any atom is -0.353 e. The third-order valence-corrected chi connectivity index (χ3v) is 14.8. The Balaban J connectivity index is 0.000000221. The Morgan fingerprint density at radius 3 is 1.64 bits per heavy atom. The predicted molar refractivity (Wildman–Crippen MR) is 266 cm³/mol. The third-order valence-electron chi connectivity index (χ3n) is 14.5. The number of fused-ring (bicyclic) bond motifs is 1. The van der Waals surface area contributed by atoms with Crippen LogP contribution in [0.25, 0.3) is 0 Å². The molecule has 12 heteroatoms. The first-order valence-corrected chi connectivity index (χ1v) is 24.6. The molecule has 0 aliphatic heterocycles. The topological polar surface area (TPSA) is 123 Å². The summed E-state index contributed by atoms with van der Waals surface area (Å²) < 4.78 is 12.9. The smallest absolute Gasteiger partial charge is 0.220 e. The van der Waals surface area contributed by atoms with E-state index in [-0.39, 0.29) is 84.3 Å². The van der Waals surface area contributed by atoms with Gasteiger partial charge in [-0.05, 0) is 164 Å². The summed E-state index contributed by atoms with van der Waals surface area (Å²) in [6, 6.07) is 31.5. The summed E-state index contributed by atoms with van der Waals surface area (Å²) in [4.78, 5) is 54.2. The number of nitrogens with one attached hydrogen (secondary N) is 4. The van der Waals surface area contributed by atoms with Crippen molar-refractivity contribution in [3.05, 3.63) is 141 Å². The van der Waals surface area contributed by atoms with Crippen molar-refractivity contribution in [1.29, 1.82) is 0 Å². The maximum Gasteiger partial charge on any atom is 0.220 e. The number of hydrogen-bond donors (Lipinski definition) is 4. The molecular formula is C55H72ClFN6O4. The molecule has 0 aromatic heterocycles. The van der Waals surface area contributed by atoms with E-state index in [1.165, 1.54) is 39.9 Å². The van der Waals surface area contributed by atoms with Crippen LogP contribution in [0, 0.1) is 12.7 Å². The van der Waals surface area contributed by atoms with Crippen molar-refractivity contribution in [2.24, 2.45) is 0 Å². The van der Waals surface area contributed by atoms with Crippen LogP contribution in [0.5, 0.6) is 0 Å². The molecule has 4 amide bonds. The molecule has 0 radical (unpaired) electrons. The lowest BCUT2D eigenvalue weighted by Crippen LogP contribution is -2.52. The first kappa shape index (κ1) is 51.3. The minimum absolute atomic E-state index is 0.0111. The fraction of sp³-hybridized carbons (Fsp3) is 0.491. The highest BCUT2D eigenvalue weighted by Crippen LogP contribution is 2.37. The molecule has 3 aliphatic rings. The monoisotopic (exact) mass is 935 g/mol. The fourth-order valence-electron chi connectivity index (χ4n) is 10.3. The van der Waals surface area contributed by atoms with Gasteiger partial charge in [-0.25, -0.2) is 4.39 Å². The van der Waals surface area contributed by atoms with Gasteiger partial charge in [-0.2, -0.15) is 0 Å². The van der Waals surface area contributed by atoms with Crippen LogP contribution in [-0.2, 0) is 45.0 Å². The highest BCUT2D eigenvalue weighted by molar-refractivity contribution is 6.30. The van der Waals surface area contributed by atoms with Gasteiger partial charge in [-0.3, -0.25) is 19.2 Å². The van der Waals surface area contributed by atoms with Gasteiger partial charge in [-0.15, -0.1) is 0 Å². The van der Waals surface area contributed by atoms with Crippen molar-refractivity contribution in [2.45, 2.75) is 145 Å². The molecule has 2 saturated carbocycles. The Kier molecular flexibility index (Phi) is 18.6. The Bertz CT molecular complexity index is 2270. The second-order valence-electron chi connectivity index (χ2n) is 19.7. The highest BCUT2D eigenvalue weighted by Gasteiger charge is 2.39. The molecule has 7 rings (SSSR count). The molecule has 2 fully saturated rings. The number of nitrogens with zero attached hydrogens (tertiary/aromatic N) is 2. The van der Waals surface area contributed by atoms with Gasteiger partial charge in [-0.1, -0.05) is 90.0 Å². The lowest BCUT2D eigenvalue weighted by Gasteiger charge is -2.45. The number of aryl methyl sites for hydroxylation is 2. The molecule has 1 unspecified atom stereocenters.